The van der Waals surface area contributed by atoms with Crippen molar-refractivity contribution in [3.63, 3.8) is 0 Å². The SMILES string of the molecule is Cl[C@@H]1[C@@H]2[C@@H]3C[C@@]1(Cl)[C@]1(Cl)[C@@H](Cl)[C@@]2(Cl)C(Cl)(Cl)[C@]31Cl. The van der Waals surface area contributed by atoms with Gasteiger partial charge in [0, 0.05) is 5.92 Å². The largest absolute Gasteiger partial charge is 0.160 e. The van der Waals surface area contributed by atoms with Gasteiger partial charge in [-0.25, -0.2) is 0 Å². The van der Waals surface area contributed by atoms with Crippen molar-refractivity contribution >= 4 is 92.8 Å². The van der Waals surface area contributed by atoms with Gasteiger partial charge in [-0.15, -0.1) is 69.6 Å². The summed E-state index contributed by atoms with van der Waals surface area (Å²) in [6, 6.07) is 0. The minimum atomic E-state index is -1.45. The molecule has 0 aromatic carbocycles. The molecule has 8 heteroatoms. The van der Waals surface area contributed by atoms with Crippen LogP contribution in [0, 0.1) is 11.8 Å². The van der Waals surface area contributed by atoms with Crippen molar-refractivity contribution in [1.82, 2.24) is 0 Å². The summed E-state index contributed by atoms with van der Waals surface area (Å²) < 4.78 is -1.45. The van der Waals surface area contributed by atoms with Gasteiger partial charge in [0.2, 0.25) is 0 Å². The predicted molar refractivity (Wildman–Crippen MR) is 79.7 cm³/mol. The molecule has 0 saturated heterocycles. The number of hydrogen-bond donors (Lipinski definition) is 0. The number of fused-ring (bicyclic) bond motifs is 4. The lowest BCUT2D eigenvalue weighted by Gasteiger charge is -2.55. The molecule has 0 aromatic rings. The van der Waals surface area contributed by atoms with Crippen molar-refractivity contribution in [3.8, 4) is 0 Å². The molecule has 102 valence electrons. The van der Waals surface area contributed by atoms with E-state index in [1.807, 2.05) is 0 Å². The summed E-state index contributed by atoms with van der Waals surface area (Å²) in [5, 5.41) is -1.16. The highest BCUT2D eigenvalue weighted by Crippen LogP contribution is 2.91. The lowest BCUT2D eigenvalue weighted by Crippen LogP contribution is -2.70. The molecule has 4 saturated carbocycles. The lowest BCUT2D eigenvalue weighted by atomic mass is 9.68. The van der Waals surface area contributed by atoms with E-state index in [2.05, 4.69) is 0 Å². The molecule has 18 heavy (non-hydrogen) atoms. The van der Waals surface area contributed by atoms with Crippen molar-refractivity contribution < 1.29 is 0 Å². The molecule has 0 amide bonds. The van der Waals surface area contributed by atoms with Crippen LogP contribution in [-0.2, 0) is 0 Å². The minimum Gasteiger partial charge on any atom is -0.121 e. The third kappa shape index (κ3) is 0.831. The molecular formula is C10H6Cl8. The van der Waals surface area contributed by atoms with Gasteiger partial charge in [-0.3, -0.25) is 0 Å². The second-order valence-electron chi connectivity index (χ2n) is 5.73. The second-order valence-corrected chi connectivity index (χ2v) is 10.5. The van der Waals surface area contributed by atoms with Crippen LogP contribution in [0.4, 0.5) is 0 Å². The monoisotopic (exact) mass is 406 g/mol. The smallest absolute Gasteiger partial charge is 0.121 e. The first-order valence-electron chi connectivity index (χ1n) is 5.44. The zero-order valence-electron chi connectivity index (χ0n) is 8.54. The Hall–Kier alpha value is 2.32. The number of halogens is 8. The molecule has 0 radical (unpaired) electrons. The zero-order chi connectivity index (χ0) is 13.5. The van der Waals surface area contributed by atoms with Crippen LogP contribution < -0.4 is 0 Å². The first kappa shape index (κ1) is 13.9. The van der Waals surface area contributed by atoms with Crippen LogP contribution in [-0.4, -0.2) is 34.6 Å². The molecule has 0 spiro atoms. The third-order valence-electron chi connectivity index (χ3n) is 5.49. The van der Waals surface area contributed by atoms with E-state index in [9.17, 15) is 0 Å². The summed E-state index contributed by atoms with van der Waals surface area (Å²) in [5.41, 5.74) is 0. The van der Waals surface area contributed by atoms with Crippen LogP contribution in [0.1, 0.15) is 6.42 Å². The standard InChI is InChI=1S/C10H6Cl8/c11-4-3-2-1-6(4,13)9(16)5(12)7(3,14)10(17,18)8(2,9)15/h2-5H,1H2/t2-,3-,4+,5-,6-,7+,8-,9+/m0/s1. The number of alkyl halides is 8. The van der Waals surface area contributed by atoms with E-state index in [0.29, 0.717) is 6.42 Å². The van der Waals surface area contributed by atoms with Crippen LogP contribution >= 0.6 is 92.8 Å². The molecule has 4 aliphatic rings. The Morgan fingerprint density at radius 1 is 0.833 bits per heavy atom. The Balaban J connectivity index is 2.13. The van der Waals surface area contributed by atoms with Gasteiger partial charge in [0.25, 0.3) is 0 Å². The van der Waals surface area contributed by atoms with E-state index in [1.165, 1.54) is 0 Å². The van der Waals surface area contributed by atoms with E-state index in [-0.39, 0.29) is 11.8 Å². The summed E-state index contributed by atoms with van der Waals surface area (Å²) in [7, 11) is 0. The summed E-state index contributed by atoms with van der Waals surface area (Å²) in [4.78, 5) is -4.41. The highest BCUT2D eigenvalue weighted by atomic mass is 35.5. The minimum absolute atomic E-state index is 0.112. The molecule has 0 N–H and O–H groups in total. The maximum atomic E-state index is 6.75. The highest BCUT2D eigenvalue weighted by Gasteiger charge is 3.02. The van der Waals surface area contributed by atoms with Gasteiger partial charge in [-0.05, 0) is 12.3 Å². The average molecular weight is 410 g/mol. The number of rotatable bonds is 0. The summed E-state index contributed by atoms with van der Waals surface area (Å²) in [6.45, 7) is 0. The quantitative estimate of drug-likeness (QED) is 0.496. The van der Waals surface area contributed by atoms with Gasteiger partial charge in [0.15, 0.2) is 4.33 Å². The molecule has 8 atom stereocenters. The molecule has 0 aromatic heterocycles. The van der Waals surface area contributed by atoms with Gasteiger partial charge in [0.05, 0.1) is 15.6 Å². The molecular weight excluding hydrogens is 404 g/mol. The topological polar surface area (TPSA) is 0 Å². The van der Waals surface area contributed by atoms with E-state index in [0.717, 1.165) is 0 Å². The van der Waals surface area contributed by atoms with E-state index in [1.54, 1.807) is 0 Å². The van der Waals surface area contributed by atoms with Crippen molar-refractivity contribution in [2.45, 2.75) is 41.0 Å². The van der Waals surface area contributed by atoms with Crippen molar-refractivity contribution in [2.24, 2.45) is 11.8 Å². The molecule has 4 fully saturated rings. The van der Waals surface area contributed by atoms with E-state index >= 15 is 0 Å². The van der Waals surface area contributed by atoms with Gasteiger partial charge < -0.3 is 0 Å². The number of hydrogen-bond acceptors (Lipinski definition) is 0. The van der Waals surface area contributed by atoms with Crippen molar-refractivity contribution in [1.29, 1.82) is 0 Å². The molecule has 0 nitrogen and oxygen atoms in total. The lowest BCUT2D eigenvalue weighted by molar-refractivity contribution is 0.214. The second kappa shape index (κ2) is 3.16. The fraction of sp³-hybridized carbons (Fsp3) is 1.00. The Labute approximate surface area is 144 Å². The molecule has 4 rings (SSSR count). The fourth-order valence-electron chi connectivity index (χ4n) is 4.83. The summed E-state index contributed by atoms with van der Waals surface area (Å²) >= 11 is 52.8. The predicted octanol–water partition coefficient (Wildman–Crippen LogP) is 4.96. The van der Waals surface area contributed by atoms with E-state index < -0.39 is 34.6 Å². The first-order valence-corrected chi connectivity index (χ1v) is 8.58. The van der Waals surface area contributed by atoms with Crippen LogP contribution in [0.3, 0.4) is 0 Å². The Kier molecular flexibility index (Phi) is 2.45. The van der Waals surface area contributed by atoms with Crippen LogP contribution in [0.15, 0.2) is 0 Å². The van der Waals surface area contributed by atoms with Crippen LogP contribution in [0.5, 0.6) is 0 Å². The third-order valence-corrected chi connectivity index (χ3v) is 12.1. The zero-order valence-corrected chi connectivity index (χ0v) is 14.6. The van der Waals surface area contributed by atoms with Crippen LogP contribution in [0.25, 0.3) is 0 Å². The molecule has 0 unspecified atom stereocenters. The van der Waals surface area contributed by atoms with Gasteiger partial charge in [-0.2, -0.15) is 0 Å². The Morgan fingerprint density at radius 3 is 1.94 bits per heavy atom. The summed E-state index contributed by atoms with van der Waals surface area (Å²) in [5.74, 6) is -0.340. The van der Waals surface area contributed by atoms with Crippen LogP contribution in [0.2, 0.25) is 0 Å². The Bertz CT molecular complexity index is 480. The fourth-order valence-corrected chi connectivity index (χ4v) is 10.2. The van der Waals surface area contributed by atoms with Gasteiger partial charge >= 0.3 is 0 Å². The molecule has 0 aliphatic heterocycles. The maximum Gasteiger partial charge on any atom is 0.160 e. The summed E-state index contributed by atoms with van der Waals surface area (Å²) in [6.07, 6.45) is 0.541. The van der Waals surface area contributed by atoms with Gasteiger partial charge in [-0.1, -0.05) is 23.2 Å². The Morgan fingerprint density at radius 2 is 1.39 bits per heavy atom. The first-order chi connectivity index (χ1) is 8.03. The van der Waals surface area contributed by atoms with Gasteiger partial charge in [0.1, 0.15) is 14.6 Å². The van der Waals surface area contributed by atoms with Crippen molar-refractivity contribution in [2.75, 3.05) is 0 Å². The molecule has 4 bridgehead atoms. The maximum absolute atomic E-state index is 6.75. The average Bonchev–Trinajstić information content (AvgIpc) is 2.71. The van der Waals surface area contributed by atoms with E-state index in [4.69, 9.17) is 92.8 Å². The molecule has 4 aliphatic carbocycles. The highest BCUT2D eigenvalue weighted by molar-refractivity contribution is 6.65. The molecule has 0 heterocycles. The van der Waals surface area contributed by atoms with Crippen molar-refractivity contribution in [3.05, 3.63) is 0 Å². The normalized spacial score (nSPS) is 74.7.